The summed E-state index contributed by atoms with van der Waals surface area (Å²) in [6.45, 7) is 4.59. The number of carbonyl (C=O) groups excluding carboxylic acids is 1. The lowest BCUT2D eigenvalue weighted by atomic mass is 10.0. The molecule has 30 heavy (non-hydrogen) atoms. The molecule has 0 bridgehead atoms. The first-order valence-corrected chi connectivity index (χ1v) is 10.3. The van der Waals surface area contributed by atoms with E-state index >= 15 is 0 Å². The Kier molecular flexibility index (Phi) is 5.21. The number of amides is 1. The van der Waals surface area contributed by atoms with Gasteiger partial charge >= 0.3 is 0 Å². The Labute approximate surface area is 175 Å². The van der Waals surface area contributed by atoms with Crippen molar-refractivity contribution in [3.05, 3.63) is 71.2 Å². The van der Waals surface area contributed by atoms with E-state index in [0.29, 0.717) is 12.1 Å². The Morgan fingerprint density at radius 2 is 2.07 bits per heavy atom. The number of hydrogen-bond acceptors (Lipinski definition) is 5. The predicted octanol–water partition coefficient (Wildman–Crippen LogP) is 2.39. The Morgan fingerprint density at radius 3 is 2.90 bits per heavy atom. The maximum Gasteiger partial charge on any atom is 0.252 e. The minimum Gasteiger partial charge on any atom is -0.387 e. The van der Waals surface area contributed by atoms with Gasteiger partial charge in [-0.3, -0.25) is 14.8 Å². The molecule has 1 aliphatic carbocycles. The zero-order valence-electron chi connectivity index (χ0n) is 16.7. The number of nitrogens with zero attached hydrogens (tertiary/aromatic N) is 2. The number of carbonyl (C=O) groups is 1. The van der Waals surface area contributed by atoms with Crippen LogP contribution in [0.2, 0.25) is 0 Å². The van der Waals surface area contributed by atoms with Crippen molar-refractivity contribution in [1.29, 1.82) is 0 Å². The second kappa shape index (κ2) is 8.30. The number of aromatic nitrogens is 2. The zero-order valence-corrected chi connectivity index (χ0v) is 16.7. The fourth-order valence-corrected chi connectivity index (χ4v) is 4.28. The number of H-pyrrole nitrogens is 1. The summed E-state index contributed by atoms with van der Waals surface area (Å²) in [5.74, 6) is -0.0574. The highest BCUT2D eigenvalue weighted by atomic mass is 16.5. The smallest absolute Gasteiger partial charge is 0.252 e. The number of ether oxygens (including phenoxy) is 1. The molecule has 0 radical (unpaired) electrons. The van der Waals surface area contributed by atoms with Crippen LogP contribution in [-0.2, 0) is 11.3 Å². The van der Waals surface area contributed by atoms with Crippen LogP contribution in [0.4, 0.5) is 0 Å². The SMILES string of the molecule is O=C(N[C@H](CN1CCOCC1)c1ccccc1)c1cc2cn[nH]c3c-2c1CNC=C3. The average molecular weight is 403 g/mol. The molecule has 7 nitrogen and oxygen atoms in total. The van der Waals surface area contributed by atoms with Gasteiger partial charge in [0, 0.05) is 42.9 Å². The van der Waals surface area contributed by atoms with Gasteiger partial charge in [0.25, 0.3) is 5.91 Å². The van der Waals surface area contributed by atoms with Gasteiger partial charge in [0.05, 0.1) is 31.1 Å². The summed E-state index contributed by atoms with van der Waals surface area (Å²) in [5, 5.41) is 13.8. The molecule has 3 heterocycles. The van der Waals surface area contributed by atoms with Crippen LogP contribution >= 0.6 is 0 Å². The molecular formula is C23H25N5O2. The number of rotatable bonds is 5. The van der Waals surface area contributed by atoms with Gasteiger partial charge in [-0.15, -0.1) is 0 Å². The Morgan fingerprint density at radius 1 is 1.23 bits per heavy atom. The fourth-order valence-electron chi connectivity index (χ4n) is 4.28. The van der Waals surface area contributed by atoms with Crippen molar-refractivity contribution in [3.8, 4) is 11.1 Å². The highest BCUT2D eigenvalue weighted by Gasteiger charge is 2.27. The zero-order chi connectivity index (χ0) is 20.3. The third-order valence-corrected chi connectivity index (χ3v) is 5.82. The topological polar surface area (TPSA) is 82.3 Å². The largest absolute Gasteiger partial charge is 0.387 e. The molecule has 0 saturated carbocycles. The van der Waals surface area contributed by atoms with Crippen molar-refractivity contribution in [2.24, 2.45) is 0 Å². The van der Waals surface area contributed by atoms with Gasteiger partial charge in [0.15, 0.2) is 0 Å². The molecule has 1 aromatic rings. The lowest BCUT2D eigenvalue weighted by Crippen LogP contribution is -2.43. The van der Waals surface area contributed by atoms with Gasteiger partial charge in [0.2, 0.25) is 0 Å². The van der Waals surface area contributed by atoms with E-state index in [1.54, 1.807) is 6.20 Å². The van der Waals surface area contributed by atoms with Crippen LogP contribution in [-0.4, -0.2) is 53.9 Å². The summed E-state index contributed by atoms with van der Waals surface area (Å²) in [6.07, 6.45) is 5.62. The predicted molar refractivity (Wildman–Crippen MR) is 115 cm³/mol. The van der Waals surface area contributed by atoms with Crippen LogP contribution in [0.3, 0.4) is 0 Å². The Bertz CT molecular complexity index is 1020. The molecule has 0 unspecified atom stereocenters. The summed E-state index contributed by atoms with van der Waals surface area (Å²) < 4.78 is 5.48. The maximum absolute atomic E-state index is 13.4. The quantitative estimate of drug-likeness (QED) is 0.609. The van der Waals surface area contributed by atoms with Crippen LogP contribution in [0.5, 0.6) is 0 Å². The molecule has 7 heteroatoms. The molecule has 3 aliphatic heterocycles. The van der Waals surface area contributed by atoms with E-state index in [2.05, 4.69) is 37.9 Å². The van der Waals surface area contributed by atoms with Crippen LogP contribution in [0.1, 0.15) is 33.2 Å². The van der Waals surface area contributed by atoms with E-state index in [4.69, 9.17) is 4.74 Å². The first kappa shape index (κ1) is 18.8. The van der Waals surface area contributed by atoms with Gasteiger partial charge in [-0.25, -0.2) is 0 Å². The highest BCUT2D eigenvalue weighted by Crippen LogP contribution is 2.35. The van der Waals surface area contributed by atoms with Gasteiger partial charge in [-0.2, -0.15) is 5.10 Å². The van der Waals surface area contributed by atoms with E-state index in [9.17, 15) is 4.79 Å². The lowest BCUT2D eigenvalue weighted by Gasteiger charge is -2.31. The summed E-state index contributed by atoms with van der Waals surface area (Å²) in [6, 6.07) is 12.0. The monoisotopic (exact) mass is 403 g/mol. The Hall–Kier alpha value is -3.16. The highest BCUT2D eigenvalue weighted by molar-refractivity contribution is 6.01. The summed E-state index contributed by atoms with van der Waals surface area (Å²) in [7, 11) is 0. The molecule has 0 aromatic heterocycles. The van der Waals surface area contributed by atoms with E-state index in [-0.39, 0.29) is 11.9 Å². The molecule has 1 amide bonds. The van der Waals surface area contributed by atoms with Crippen molar-refractivity contribution < 1.29 is 9.53 Å². The molecule has 1 aromatic carbocycles. The van der Waals surface area contributed by atoms with E-state index < -0.39 is 0 Å². The number of aromatic amines is 1. The lowest BCUT2D eigenvalue weighted by molar-refractivity contribution is 0.0332. The van der Waals surface area contributed by atoms with Crippen molar-refractivity contribution in [3.63, 3.8) is 0 Å². The first-order valence-electron chi connectivity index (χ1n) is 10.3. The number of benzene rings is 1. The number of hydrogen-bond donors (Lipinski definition) is 3. The average Bonchev–Trinajstić information content (AvgIpc) is 3.03. The molecule has 1 saturated heterocycles. The van der Waals surface area contributed by atoms with E-state index in [1.807, 2.05) is 36.5 Å². The second-order valence-electron chi connectivity index (χ2n) is 7.71. The molecule has 3 N–H and O–H groups in total. The third-order valence-electron chi connectivity index (χ3n) is 5.82. The van der Waals surface area contributed by atoms with Gasteiger partial charge in [0.1, 0.15) is 0 Å². The van der Waals surface area contributed by atoms with Crippen molar-refractivity contribution in [2.45, 2.75) is 12.6 Å². The minimum atomic E-state index is -0.0944. The molecule has 1 fully saturated rings. The molecule has 0 spiro atoms. The molecule has 5 rings (SSSR count). The minimum absolute atomic E-state index is 0.0574. The normalized spacial score (nSPS) is 17.3. The molecular weight excluding hydrogens is 378 g/mol. The summed E-state index contributed by atoms with van der Waals surface area (Å²) in [4.78, 5) is 15.8. The Balaban J connectivity index is 1.44. The summed E-state index contributed by atoms with van der Waals surface area (Å²) in [5.41, 5.74) is 5.75. The second-order valence-corrected chi connectivity index (χ2v) is 7.71. The van der Waals surface area contributed by atoms with E-state index in [0.717, 1.165) is 60.8 Å². The van der Waals surface area contributed by atoms with Crippen LogP contribution < -0.4 is 10.6 Å². The van der Waals surface area contributed by atoms with E-state index in [1.165, 1.54) is 0 Å². The van der Waals surface area contributed by atoms with Crippen LogP contribution in [0.15, 0.2) is 48.8 Å². The fraction of sp³-hybridized carbons (Fsp3) is 0.304. The standard InChI is InChI=1S/C23H25N5O2/c29-23(18-12-17-13-25-27-20-6-7-24-14-19(18)22(17)20)26-21(16-4-2-1-3-5-16)15-28-8-10-30-11-9-28/h1-7,12-13,21,24,27H,8-11,14-15H2,(H,26,29)/t21-/m1/s1. The third kappa shape index (κ3) is 3.69. The first-order chi connectivity index (χ1) is 14.8. The number of nitrogens with one attached hydrogen (secondary N) is 3. The number of morpholine rings is 1. The molecule has 4 aliphatic rings. The van der Waals surface area contributed by atoms with Crippen molar-refractivity contribution in [1.82, 2.24) is 25.7 Å². The summed E-state index contributed by atoms with van der Waals surface area (Å²) >= 11 is 0. The van der Waals surface area contributed by atoms with Crippen molar-refractivity contribution >= 4 is 12.0 Å². The maximum atomic E-state index is 13.4. The van der Waals surface area contributed by atoms with Gasteiger partial charge in [-0.1, -0.05) is 30.3 Å². The van der Waals surface area contributed by atoms with Crippen LogP contribution in [0, 0.1) is 0 Å². The molecule has 154 valence electrons. The van der Waals surface area contributed by atoms with Gasteiger partial charge < -0.3 is 15.4 Å². The van der Waals surface area contributed by atoms with Crippen molar-refractivity contribution in [2.75, 3.05) is 32.8 Å². The van der Waals surface area contributed by atoms with Crippen LogP contribution in [0.25, 0.3) is 17.2 Å². The molecule has 1 atom stereocenters. The van der Waals surface area contributed by atoms with Gasteiger partial charge in [-0.05, 0) is 29.5 Å².